The van der Waals surface area contributed by atoms with Crippen LogP contribution in [0.4, 0.5) is 5.69 Å². The summed E-state index contributed by atoms with van der Waals surface area (Å²) >= 11 is 0. The highest BCUT2D eigenvalue weighted by Gasteiger charge is 2.30. The fourth-order valence-electron chi connectivity index (χ4n) is 3.91. The van der Waals surface area contributed by atoms with Gasteiger partial charge in [0.15, 0.2) is 0 Å². The van der Waals surface area contributed by atoms with Gasteiger partial charge in [0.05, 0.1) is 17.7 Å². The van der Waals surface area contributed by atoms with Crippen LogP contribution in [0.15, 0.2) is 48.8 Å². The molecule has 30 heavy (non-hydrogen) atoms. The summed E-state index contributed by atoms with van der Waals surface area (Å²) in [5, 5.41) is 8.41. The number of fused-ring (bicyclic) bond motifs is 1. The summed E-state index contributed by atoms with van der Waals surface area (Å²) in [5.41, 5.74) is 2.04. The number of pyridine rings is 1. The third-order valence-electron chi connectivity index (χ3n) is 5.52. The minimum atomic E-state index is -0.893. The highest BCUT2D eigenvalue weighted by atomic mass is 16.2. The highest BCUT2D eigenvalue weighted by molar-refractivity contribution is 6.10. The Balaban J connectivity index is 1.26. The Morgan fingerprint density at radius 2 is 1.93 bits per heavy atom. The van der Waals surface area contributed by atoms with Gasteiger partial charge in [0.2, 0.25) is 11.8 Å². The largest absolute Gasteiger partial charge is 0.353 e. The van der Waals surface area contributed by atoms with Gasteiger partial charge in [-0.2, -0.15) is 0 Å². The molecule has 1 saturated heterocycles. The Labute approximate surface area is 175 Å². The molecule has 3 amide bonds. The molecule has 3 heterocycles. The van der Waals surface area contributed by atoms with E-state index in [1.54, 1.807) is 30.5 Å². The van der Waals surface area contributed by atoms with E-state index in [0.717, 1.165) is 32.5 Å². The number of rotatable bonds is 5. The van der Waals surface area contributed by atoms with Crippen molar-refractivity contribution in [2.75, 3.05) is 18.4 Å². The maximum Gasteiger partial charge on any atom is 0.254 e. The van der Waals surface area contributed by atoms with Crippen LogP contribution in [0.5, 0.6) is 0 Å². The maximum absolute atomic E-state index is 12.5. The molecule has 0 spiro atoms. The van der Waals surface area contributed by atoms with Crippen LogP contribution >= 0.6 is 0 Å². The van der Waals surface area contributed by atoms with Crippen molar-refractivity contribution < 1.29 is 14.4 Å². The van der Waals surface area contributed by atoms with E-state index in [-0.39, 0.29) is 30.2 Å². The third kappa shape index (κ3) is 4.83. The molecule has 0 unspecified atom stereocenters. The smallest absolute Gasteiger partial charge is 0.254 e. The van der Waals surface area contributed by atoms with Crippen LogP contribution in [0.2, 0.25) is 0 Å². The van der Waals surface area contributed by atoms with Crippen LogP contribution in [0.3, 0.4) is 0 Å². The minimum Gasteiger partial charge on any atom is -0.353 e. The van der Waals surface area contributed by atoms with Crippen molar-refractivity contribution in [2.24, 2.45) is 0 Å². The number of anilines is 1. The summed E-state index contributed by atoms with van der Waals surface area (Å²) in [4.78, 5) is 43.8. The Hall–Kier alpha value is -3.26. The van der Waals surface area contributed by atoms with E-state index in [4.69, 9.17) is 0 Å². The number of benzene rings is 1. The average molecular weight is 407 g/mol. The Morgan fingerprint density at radius 3 is 2.70 bits per heavy atom. The zero-order valence-electron chi connectivity index (χ0n) is 16.6. The molecule has 8 heteroatoms. The number of hydrogen-bond donors (Lipinski definition) is 3. The fourth-order valence-corrected chi connectivity index (χ4v) is 3.91. The normalized spacial score (nSPS) is 19.9. The second-order valence-electron chi connectivity index (χ2n) is 7.74. The minimum absolute atomic E-state index is 0.0735. The Kier molecular flexibility index (Phi) is 6.04. The monoisotopic (exact) mass is 407 g/mol. The van der Waals surface area contributed by atoms with Gasteiger partial charge in [-0.3, -0.25) is 24.3 Å². The second kappa shape index (κ2) is 9.04. The number of carbonyl (C=O) groups excluding carboxylic acids is 3. The third-order valence-corrected chi connectivity index (χ3v) is 5.52. The van der Waals surface area contributed by atoms with Crippen molar-refractivity contribution in [2.45, 2.75) is 37.9 Å². The SMILES string of the molecule is O=C(C[C@@H]1NC(=O)c2ccccc2NC1=O)NC1CCN(Cc2cccnc2)CC1. The summed E-state index contributed by atoms with van der Waals surface area (Å²) in [6.45, 7) is 2.62. The lowest BCUT2D eigenvalue weighted by Gasteiger charge is -2.32. The summed E-state index contributed by atoms with van der Waals surface area (Å²) in [6, 6.07) is 9.98. The van der Waals surface area contributed by atoms with E-state index in [9.17, 15) is 14.4 Å². The van der Waals surface area contributed by atoms with Crippen LogP contribution in [0.25, 0.3) is 0 Å². The number of para-hydroxylation sites is 1. The zero-order chi connectivity index (χ0) is 20.9. The molecule has 1 aromatic heterocycles. The van der Waals surface area contributed by atoms with Crippen molar-refractivity contribution in [3.8, 4) is 0 Å². The van der Waals surface area contributed by atoms with Gasteiger partial charge in [0.1, 0.15) is 6.04 Å². The molecule has 156 valence electrons. The van der Waals surface area contributed by atoms with Gasteiger partial charge in [-0.25, -0.2) is 0 Å². The van der Waals surface area contributed by atoms with Crippen LogP contribution in [0.1, 0.15) is 35.2 Å². The van der Waals surface area contributed by atoms with E-state index in [1.807, 2.05) is 12.3 Å². The topological polar surface area (TPSA) is 103 Å². The maximum atomic E-state index is 12.5. The van der Waals surface area contributed by atoms with E-state index in [1.165, 1.54) is 5.56 Å². The van der Waals surface area contributed by atoms with Crippen molar-refractivity contribution in [3.63, 3.8) is 0 Å². The van der Waals surface area contributed by atoms with Gasteiger partial charge >= 0.3 is 0 Å². The highest BCUT2D eigenvalue weighted by Crippen LogP contribution is 2.19. The molecular weight excluding hydrogens is 382 g/mol. The van der Waals surface area contributed by atoms with Gasteiger partial charge in [0.25, 0.3) is 5.91 Å². The predicted molar refractivity (Wildman–Crippen MR) is 112 cm³/mol. The van der Waals surface area contributed by atoms with Gasteiger partial charge in [-0.15, -0.1) is 0 Å². The molecule has 2 aliphatic rings. The van der Waals surface area contributed by atoms with Crippen molar-refractivity contribution >= 4 is 23.4 Å². The van der Waals surface area contributed by atoms with Crippen molar-refractivity contribution in [3.05, 3.63) is 59.9 Å². The molecule has 8 nitrogen and oxygen atoms in total. The number of likely N-dealkylation sites (tertiary alicyclic amines) is 1. The first-order valence-electron chi connectivity index (χ1n) is 10.2. The van der Waals surface area contributed by atoms with Gasteiger partial charge in [-0.1, -0.05) is 18.2 Å². The number of carbonyl (C=O) groups is 3. The van der Waals surface area contributed by atoms with Gasteiger partial charge in [-0.05, 0) is 36.6 Å². The van der Waals surface area contributed by atoms with Crippen LogP contribution < -0.4 is 16.0 Å². The molecular formula is C22H25N5O3. The Morgan fingerprint density at radius 1 is 1.13 bits per heavy atom. The molecule has 4 rings (SSSR count). The number of aromatic nitrogens is 1. The van der Waals surface area contributed by atoms with Crippen molar-refractivity contribution in [1.82, 2.24) is 20.5 Å². The summed E-state index contributed by atoms with van der Waals surface area (Å²) in [5.74, 6) is -0.965. The lowest BCUT2D eigenvalue weighted by Crippen LogP contribution is -2.48. The lowest BCUT2D eigenvalue weighted by atomic mass is 10.0. The standard InChI is InChI=1S/C22H25N5O3/c28-20(12-19-22(30)25-18-6-2-1-5-17(18)21(29)26-19)24-16-7-10-27(11-8-16)14-15-4-3-9-23-13-15/h1-6,9,13,16,19H,7-8,10-12,14H2,(H,24,28)(H,25,30)(H,26,29)/t19-/m0/s1. The first kappa shape index (κ1) is 20.0. The zero-order valence-corrected chi connectivity index (χ0v) is 16.6. The van der Waals surface area contributed by atoms with E-state index >= 15 is 0 Å². The van der Waals surface area contributed by atoms with E-state index < -0.39 is 6.04 Å². The van der Waals surface area contributed by atoms with Crippen molar-refractivity contribution in [1.29, 1.82) is 0 Å². The van der Waals surface area contributed by atoms with E-state index in [2.05, 4.69) is 31.9 Å². The molecule has 0 bridgehead atoms. The molecule has 1 fully saturated rings. The first-order valence-corrected chi connectivity index (χ1v) is 10.2. The summed E-state index contributed by atoms with van der Waals surface area (Å²) in [6.07, 6.45) is 5.25. The van der Waals surface area contributed by atoms with Gasteiger partial charge < -0.3 is 16.0 Å². The number of hydrogen-bond acceptors (Lipinski definition) is 5. The average Bonchev–Trinajstić information content (AvgIpc) is 2.86. The lowest BCUT2D eigenvalue weighted by molar-refractivity contribution is -0.126. The molecule has 1 atom stereocenters. The van der Waals surface area contributed by atoms with Gasteiger partial charge in [0, 0.05) is 38.1 Å². The molecule has 0 saturated carbocycles. The predicted octanol–water partition coefficient (Wildman–Crippen LogP) is 1.30. The van der Waals surface area contributed by atoms with Crippen LogP contribution in [0, 0.1) is 0 Å². The number of amides is 3. The fraction of sp³-hybridized carbons (Fsp3) is 0.364. The quantitative estimate of drug-likeness (QED) is 0.693. The molecule has 0 radical (unpaired) electrons. The Bertz CT molecular complexity index is 925. The molecule has 2 aliphatic heterocycles. The number of piperidine rings is 1. The molecule has 0 aliphatic carbocycles. The van der Waals surface area contributed by atoms with Crippen LogP contribution in [-0.4, -0.2) is 52.8 Å². The molecule has 1 aromatic carbocycles. The van der Waals surface area contributed by atoms with E-state index in [0.29, 0.717) is 11.3 Å². The summed E-state index contributed by atoms with van der Waals surface area (Å²) < 4.78 is 0. The summed E-state index contributed by atoms with van der Waals surface area (Å²) in [7, 11) is 0. The van der Waals surface area contributed by atoms with Crippen LogP contribution in [-0.2, 0) is 16.1 Å². The number of nitrogens with one attached hydrogen (secondary N) is 3. The molecule has 2 aromatic rings. The molecule has 3 N–H and O–H groups in total. The first-order chi connectivity index (χ1) is 14.6. The number of nitrogens with zero attached hydrogens (tertiary/aromatic N) is 2. The second-order valence-corrected chi connectivity index (χ2v) is 7.74.